The predicted molar refractivity (Wildman–Crippen MR) is 78.6 cm³/mol. The Labute approximate surface area is 124 Å². The molecular formula is C16H21NO4. The largest absolute Gasteiger partial charge is 0.496 e. The second-order valence-electron chi connectivity index (χ2n) is 5.54. The van der Waals surface area contributed by atoms with E-state index in [0.29, 0.717) is 37.0 Å². The van der Waals surface area contributed by atoms with Crippen molar-refractivity contribution in [2.24, 2.45) is 5.92 Å². The maximum Gasteiger partial charge on any atom is 0.306 e. The minimum absolute atomic E-state index is 0.0559. The molecule has 1 aromatic rings. The van der Waals surface area contributed by atoms with E-state index in [1.807, 2.05) is 13.0 Å². The van der Waals surface area contributed by atoms with Gasteiger partial charge in [-0.2, -0.15) is 0 Å². The number of ether oxygens (including phenoxy) is 1. The van der Waals surface area contributed by atoms with Crippen molar-refractivity contribution in [3.63, 3.8) is 0 Å². The molecule has 1 aliphatic rings. The number of aryl methyl sites for hydroxylation is 1. The van der Waals surface area contributed by atoms with Crippen LogP contribution in [0.1, 0.15) is 41.6 Å². The Hall–Kier alpha value is -2.04. The number of carboxylic acid groups (broad SMARTS) is 1. The van der Waals surface area contributed by atoms with Crippen LogP contribution in [0.2, 0.25) is 0 Å². The molecule has 1 fully saturated rings. The minimum Gasteiger partial charge on any atom is -0.496 e. The van der Waals surface area contributed by atoms with E-state index in [0.717, 1.165) is 5.56 Å². The van der Waals surface area contributed by atoms with Gasteiger partial charge in [0, 0.05) is 11.6 Å². The van der Waals surface area contributed by atoms with Crippen LogP contribution >= 0.6 is 0 Å². The second kappa shape index (κ2) is 6.61. The highest BCUT2D eigenvalue weighted by Gasteiger charge is 2.26. The van der Waals surface area contributed by atoms with E-state index in [9.17, 15) is 9.59 Å². The number of methoxy groups -OCH3 is 1. The average molecular weight is 291 g/mol. The molecule has 5 heteroatoms. The molecule has 0 unspecified atom stereocenters. The lowest BCUT2D eigenvalue weighted by molar-refractivity contribution is -0.142. The normalized spacial score (nSPS) is 21.6. The van der Waals surface area contributed by atoms with Gasteiger partial charge in [0.1, 0.15) is 5.75 Å². The number of hydrogen-bond acceptors (Lipinski definition) is 3. The van der Waals surface area contributed by atoms with Crippen LogP contribution in [-0.4, -0.2) is 30.1 Å². The van der Waals surface area contributed by atoms with Crippen molar-refractivity contribution in [2.75, 3.05) is 7.11 Å². The SMILES string of the molecule is COc1cc(C(=O)NC2CCC(C(=O)O)CC2)ccc1C. The molecule has 1 aromatic carbocycles. The first-order chi connectivity index (χ1) is 10.0. The fourth-order valence-electron chi connectivity index (χ4n) is 2.71. The molecule has 21 heavy (non-hydrogen) atoms. The molecule has 1 aliphatic carbocycles. The molecule has 0 heterocycles. The van der Waals surface area contributed by atoms with Gasteiger partial charge in [-0.15, -0.1) is 0 Å². The fraction of sp³-hybridized carbons (Fsp3) is 0.500. The lowest BCUT2D eigenvalue weighted by atomic mass is 9.86. The highest BCUT2D eigenvalue weighted by Crippen LogP contribution is 2.25. The number of benzene rings is 1. The van der Waals surface area contributed by atoms with Crippen molar-refractivity contribution in [3.8, 4) is 5.75 Å². The zero-order chi connectivity index (χ0) is 15.4. The molecule has 0 saturated heterocycles. The Balaban J connectivity index is 1.95. The van der Waals surface area contributed by atoms with E-state index in [4.69, 9.17) is 9.84 Å². The maximum atomic E-state index is 12.2. The first-order valence-corrected chi connectivity index (χ1v) is 7.19. The molecule has 0 aliphatic heterocycles. The zero-order valence-corrected chi connectivity index (χ0v) is 12.4. The van der Waals surface area contributed by atoms with Crippen molar-refractivity contribution in [1.29, 1.82) is 0 Å². The van der Waals surface area contributed by atoms with Crippen LogP contribution < -0.4 is 10.1 Å². The first kappa shape index (κ1) is 15.4. The van der Waals surface area contributed by atoms with E-state index in [1.165, 1.54) is 0 Å². The number of carbonyl (C=O) groups excluding carboxylic acids is 1. The molecule has 5 nitrogen and oxygen atoms in total. The average Bonchev–Trinajstić information content (AvgIpc) is 2.48. The second-order valence-corrected chi connectivity index (χ2v) is 5.54. The molecule has 0 spiro atoms. The summed E-state index contributed by atoms with van der Waals surface area (Å²) in [4.78, 5) is 23.1. The van der Waals surface area contributed by atoms with Crippen LogP contribution in [0.25, 0.3) is 0 Å². The molecular weight excluding hydrogens is 270 g/mol. The molecule has 1 saturated carbocycles. The monoisotopic (exact) mass is 291 g/mol. The van der Waals surface area contributed by atoms with Gasteiger partial charge in [-0.05, 0) is 50.3 Å². The van der Waals surface area contributed by atoms with Crippen LogP contribution in [0, 0.1) is 12.8 Å². The van der Waals surface area contributed by atoms with E-state index in [-0.39, 0.29) is 17.9 Å². The van der Waals surface area contributed by atoms with Gasteiger partial charge in [-0.3, -0.25) is 9.59 Å². The number of carbonyl (C=O) groups is 2. The predicted octanol–water partition coefficient (Wildman–Crippen LogP) is 2.38. The van der Waals surface area contributed by atoms with Gasteiger partial charge in [0.05, 0.1) is 13.0 Å². The summed E-state index contributed by atoms with van der Waals surface area (Å²) in [5.74, 6) is -0.440. The van der Waals surface area contributed by atoms with Crippen molar-refractivity contribution >= 4 is 11.9 Å². The minimum atomic E-state index is -0.733. The Morgan fingerprint density at radius 1 is 1.24 bits per heavy atom. The molecule has 0 radical (unpaired) electrons. The van der Waals surface area contributed by atoms with E-state index in [2.05, 4.69) is 5.32 Å². The lowest BCUT2D eigenvalue weighted by Gasteiger charge is -2.26. The third-order valence-electron chi connectivity index (χ3n) is 4.08. The number of rotatable bonds is 4. The van der Waals surface area contributed by atoms with Gasteiger partial charge in [0.2, 0.25) is 0 Å². The molecule has 1 amide bonds. The summed E-state index contributed by atoms with van der Waals surface area (Å²) >= 11 is 0. The Kier molecular flexibility index (Phi) is 4.83. The molecule has 0 atom stereocenters. The topological polar surface area (TPSA) is 75.6 Å². The summed E-state index contributed by atoms with van der Waals surface area (Å²) in [5.41, 5.74) is 1.55. The van der Waals surface area contributed by atoms with Gasteiger partial charge in [0.25, 0.3) is 5.91 Å². The van der Waals surface area contributed by atoms with Crippen LogP contribution in [-0.2, 0) is 4.79 Å². The summed E-state index contributed by atoms with van der Waals surface area (Å²) in [6.45, 7) is 1.92. The quantitative estimate of drug-likeness (QED) is 0.893. The van der Waals surface area contributed by atoms with E-state index >= 15 is 0 Å². The van der Waals surface area contributed by atoms with Gasteiger partial charge in [-0.25, -0.2) is 0 Å². The molecule has 2 N–H and O–H groups in total. The highest BCUT2D eigenvalue weighted by molar-refractivity contribution is 5.94. The first-order valence-electron chi connectivity index (χ1n) is 7.19. The third-order valence-corrected chi connectivity index (χ3v) is 4.08. The number of aliphatic carboxylic acids is 1. The van der Waals surface area contributed by atoms with Crippen molar-refractivity contribution < 1.29 is 19.4 Å². The number of nitrogens with one attached hydrogen (secondary N) is 1. The molecule has 0 aromatic heterocycles. The van der Waals surface area contributed by atoms with Gasteiger partial charge < -0.3 is 15.2 Å². The molecule has 0 bridgehead atoms. The molecule has 2 rings (SSSR count). The lowest BCUT2D eigenvalue weighted by Crippen LogP contribution is -2.38. The number of amides is 1. The maximum absolute atomic E-state index is 12.2. The Bertz CT molecular complexity index is 533. The zero-order valence-electron chi connectivity index (χ0n) is 12.4. The fourth-order valence-corrected chi connectivity index (χ4v) is 2.71. The summed E-state index contributed by atoms with van der Waals surface area (Å²) < 4.78 is 5.22. The van der Waals surface area contributed by atoms with Crippen LogP contribution in [0.15, 0.2) is 18.2 Å². The summed E-state index contributed by atoms with van der Waals surface area (Å²) in [7, 11) is 1.58. The smallest absolute Gasteiger partial charge is 0.306 e. The van der Waals surface area contributed by atoms with Gasteiger partial charge in [-0.1, -0.05) is 6.07 Å². The van der Waals surface area contributed by atoms with Crippen molar-refractivity contribution in [1.82, 2.24) is 5.32 Å². The highest BCUT2D eigenvalue weighted by atomic mass is 16.5. The third kappa shape index (κ3) is 3.74. The summed E-state index contributed by atoms with van der Waals surface area (Å²) in [5, 5.41) is 11.9. The number of hydrogen-bond donors (Lipinski definition) is 2. The van der Waals surface area contributed by atoms with Crippen LogP contribution in [0.5, 0.6) is 5.75 Å². The molecule has 114 valence electrons. The van der Waals surface area contributed by atoms with E-state index in [1.54, 1.807) is 19.2 Å². The van der Waals surface area contributed by atoms with Crippen LogP contribution in [0.4, 0.5) is 0 Å². The summed E-state index contributed by atoms with van der Waals surface area (Å²) in [6.07, 6.45) is 2.67. The summed E-state index contributed by atoms with van der Waals surface area (Å²) in [6, 6.07) is 5.42. The number of carboxylic acids is 1. The van der Waals surface area contributed by atoms with Crippen LogP contribution in [0.3, 0.4) is 0 Å². The standard InChI is InChI=1S/C16H21NO4/c1-10-3-4-12(9-14(10)21-2)15(18)17-13-7-5-11(6-8-13)16(19)20/h3-4,9,11,13H,5-8H2,1-2H3,(H,17,18)(H,19,20). The Morgan fingerprint density at radius 2 is 1.90 bits per heavy atom. The van der Waals surface area contributed by atoms with Gasteiger partial charge >= 0.3 is 5.97 Å². The van der Waals surface area contributed by atoms with Crippen molar-refractivity contribution in [2.45, 2.75) is 38.6 Å². The Morgan fingerprint density at radius 3 is 2.48 bits per heavy atom. The van der Waals surface area contributed by atoms with Gasteiger partial charge in [0.15, 0.2) is 0 Å². The van der Waals surface area contributed by atoms with E-state index < -0.39 is 5.97 Å². The van der Waals surface area contributed by atoms with Crippen molar-refractivity contribution in [3.05, 3.63) is 29.3 Å².